The quantitative estimate of drug-likeness (QED) is 0.369. The Hall–Kier alpha value is -2.36. The number of anilines is 1. The number of benzene rings is 1. The van der Waals surface area contributed by atoms with Crippen LogP contribution in [0.5, 0.6) is 0 Å². The van der Waals surface area contributed by atoms with Crippen molar-refractivity contribution in [1.29, 1.82) is 0 Å². The van der Waals surface area contributed by atoms with E-state index in [-0.39, 0.29) is 11.6 Å². The highest BCUT2D eigenvalue weighted by Crippen LogP contribution is 2.27. The maximum absolute atomic E-state index is 11.5. The fraction of sp³-hybridized carbons (Fsp3) is 0.389. The summed E-state index contributed by atoms with van der Waals surface area (Å²) in [7, 11) is -3.36. The van der Waals surface area contributed by atoms with Crippen LogP contribution >= 0.6 is 0 Å². The number of nitrogens with one attached hydrogen (secondary N) is 1. The van der Waals surface area contributed by atoms with Gasteiger partial charge in [-0.25, -0.2) is 0 Å². The first-order valence-electron chi connectivity index (χ1n) is 7.95. The topological polar surface area (TPSA) is 72.2 Å². The summed E-state index contributed by atoms with van der Waals surface area (Å²) in [5.41, 5.74) is 7.44. The standard InChI is InChI=1S/C18H24N2O3Si2/c1-14(21)19-17-12-16(9-11-25(5,6)7)18(20(22)23)13-15(17)8-10-24(2,3)4/h12-13H,1-7H3,(H,19,21). The van der Waals surface area contributed by atoms with E-state index in [1.165, 1.54) is 13.0 Å². The maximum atomic E-state index is 11.5. The van der Waals surface area contributed by atoms with Gasteiger partial charge in [-0.1, -0.05) is 51.1 Å². The van der Waals surface area contributed by atoms with Crippen molar-refractivity contribution in [2.45, 2.75) is 46.2 Å². The van der Waals surface area contributed by atoms with Crippen LogP contribution < -0.4 is 5.32 Å². The SMILES string of the molecule is CC(=O)Nc1cc(C#C[Si](C)(C)C)c([N+](=O)[O-])cc1C#C[Si](C)(C)C. The molecule has 0 unspecified atom stereocenters. The molecule has 0 saturated heterocycles. The van der Waals surface area contributed by atoms with E-state index in [1.54, 1.807) is 6.07 Å². The molecule has 0 bridgehead atoms. The van der Waals surface area contributed by atoms with Gasteiger partial charge in [0, 0.05) is 13.0 Å². The third kappa shape index (κ3) is 7.38. The van der Waals surface area contributed by atoms with Gasteiger partial charge in [-0.05, 0) is 6.07 Å². The average Bonchev–Trinajstić information content (AvgIpc) is 2.41. The Balaban J connectivity index is 3.64. The largest absolute Gasteiger partial charge is 0.325 e. The minimum atomic E-state index is -1.69. The van der Waals surface area contributed by atoms with Gasteiger partial charge >= 0.3 is 0 Å². The summed E-state index contributed by atoms with van der Waals surface area (Å²) in [6, 6.07) is 2.97. The molecule has 0 aliphatic heterocycles. The second kappa shape index (κ2) is 7.69. The maximum Gasteiger partial charge on any atom is 0.286 e. The van der Waals surface area contributed by atoms with Crippen molar-refractivity contribution >= 4 is 33.4 Å². The van der Waals surface area contributed by atoms with Gasteiger partial charge in [0.05, 0.1) is 16.2 Å². The van der Waals surface area contributed by atoms with Gasteiger partial charge in [0.25, 0.3) is 5.69 Å². The molecule has 0 spiro atoms. The number of nitrogens with zero attached hydrogens (tertiary/aromatic N) is 1. The molecule has 1 N–H and O–H groups in total. The molecule has 0 fully saturated rings. The van der Waals surface area contributed by atoms with Gasteiger partial charge < -0.3 is 5.32 Å². The van der Waals surface area contributed by atoms with E-state index >= 15 is 0 Å². The highest BCUT2D eigenvalue weighted by molar-refractivity contribution is 6.84. The molecule has 0 aliphatic rings. The van der Waals surface area contributed by atoms with Crippen LogP contribution in [0.1, 0.15) is 18.1 Å². The minimum Gasteiger partial charge on any atom is -0.325 e. The van der Waals surface area contributed by atoms with E-state index in [1.807, 2.05) is 0 Å². The molecule has 0 saturated carbocycles. The Labute approximate surface area is 151 Å². The highest BCUT2D eigenvalue weighted by Gasteiger charge is 2.18. The molecule has 1 amide bonds. The van der Waals surface area contributed by atoms with Crippen molar-refractivity contribution in [3.8, 4) is 22.9 Å². The fourth-order valence-electron chi connectivity index (χ4n) is 1.75. The Bertz CT molecular complexity index is 827. The summed E-state index contributed by atoms with van der Waals surface area (Å²) in [4.78, 5) is 22.5. The van der Waals surface area contributed by atoms with E-state index in [0.29, 0.717) is 16.8 Å². The molecule has 0 heterocycles. The number of rotatable bonds is 2. The normalized spacial score (nSPS) is 10.8. The number of carbonyl (C=O) groups excluding carboxylic acids is 1. The van der Waals surface area contributed by atoms with Crippen LogP contribution in [-0.2, 0) is 4.79 Å². The van der Waals surface area contributed by atoms with Crippen molar-refractivity contribution in [3.63, 3.8) is 0 Å². The monoisotopic (exact) mass is 372 g/mol. The molecular formula is C18H24N2O3Si2. The minimum absolute atomic E-state index is 0.0836. The number of hydrogen-bond donors (Lipinski definition) is 1. The molecule has 0 aromatic heterocycles. The molecule has 7 heteroatoms. The zero-order chi connectivity index (χ0) is 19.4. The number of carbonyl (C=O) groups is 1. The Kier molecular flexibility index (Phi) is 6.36. The summed E-state index contributed by atoms with van der Waals surface area (Å²) in [6.45, 7) is 13.8. The van der Waals surface area contributed by atoms with Gasteiger partial charge in [-0.3, -0.25) is 14.9 Å². The Morgan fingerprint density at radius 2 is 1.48 bits per heavy atom. The van der Waals surface area contributed by atoms with Gasteiger partial charge in [-0.15, -0.1) is 11.1 Å². The van der Waals surface area contributed by atoms with E-state index < -0.39 is 21.1 Å². The third-order valence-corrected chi connectivity index (χ3v) is 4.54. The smallest absolute Gasteiger partial charge is 0.286 e. The molecule has 1 aromatic carbocycles. The summed E-state index contributed by atoms with van der Waals surface area (Å²) in [6.07, 6.45) is 0. The van der Waals surface area contributed by atoms with Gasteiger partial charge in [0.15, 0.2) is 0 Å². The van der Waals surface area contributed by atoms with Crippen LogP contribution in [0.4, 0.5) is 11.4 Å². The van der Waals surface area contributed by atoms with Crippen LogP contribution in [0.3, 0.4) is 0 Å². The molecule has 25 heavy (non-hydrogen) atoms. The summed E-state index contributed by atoms with van der Waals surface area (Å²) in [5.74, 6) is 5.68. The van der Waals surface area contributed by atoms with Gasteiger partial charge in [-0.2, -0.15) is 0 Å². The predicted molar refractivity (Wildman–Crippen MR) is 108 cm³/mol. The van der Waals surface area contributed by atoms with Gasteiger partial charge in [0.1, 0.15) is 21.7 Å². The van der Waals surface area contributed by atoms with Crippen molar-refractivity contribution in [3.05, 3.63) is 33.4 Å². The first-order chi connectivity index (χ1) is 11.3. The lowest BCUT2D eigenvalue weighted by Gasteiger charge is -2.09. The molecular weight excluding hydrogens is 348 g/mol. The first-order valence-corrected chi connectivity index (χ1v) is 14.9. The summed E-state index contributed by atoms with van der Waals surface area (Å²) >= 11 is 0. The lowest BCUT2D eigenvalue weighted by molar-refractivity contribution is -0.385. The van der Waals surface area contributed by atoms with E-state index in [0.717, 1.165) is 0 Å². The molecule has 1 rings (SSSR count). The highest BCUT2D eigenvalue weighted by atomic mass is 28.3. The van der Waals surface area contributed by atoms with Crippen LogP contribution in [0.2, 0.25) is 39.3 Å². The zero-order valence-electron chi connectivity index (χ0n) is 15.8. The van der Waals surface area contributed by atoms with Crippen LogP contribution in [-0.4, -0.2) is 27.0 Å². The van der Waals surface area contributed by atoms with E-state index in [4.69, 9.17) is 0 Å². The van der Waals surface area contributed by atoms with Crippen molar-refractivity contribution in [2.75, 3.05) is 5.32 Å². The van der Waals surface area contributed by atoms with Crippen molar-refractivity contribution in [1.82, 2.24) is 0 Å². The number of amides is 1. The number of nitro benzene ring substituents is 1. The lowest BCUT2D eigenvalue weighted by Crippen LogP contribution is -2.17. The number of nitro groups is 1. The second-order valence-corrected chi connectivity index (χ2v) is 17.4. The predicted octanol–water partition coefficient (Wildman–Crippen LogP) is 4.01. The second-order valence-electron chi connectivity index (χ2n) is 7.85. The average molecular weight is 373 g/mol. The Morgan fingerprint density at radius 3 is 1.88 bits per heavy atom. The van der Waals surface area contributed by atoms with Crippen molar-refractivity contribution in [2.24, 2.45) is 0 Å². The van der Waals surface area contributed by atoms with Crippen LogP contribution in [0.25, 0.3) is 0 Å². The zero-order valence-corrected chi connectivity index (χ0v) is 17.8. The molecule has 0 aliphatic carbocycles. The molecule has 0 radical (unpaired) electrons. The molecule has 1 aromatic rings. The Morgan fingerprint density at radius 1 is 1.00 bits per heavy atom. The lowest BCUT2D eigenvalue weighted by atomic mass is 10.1. The fourth-order valence-corrected chi connectivity index (χ4v) is 2.76. The summed E-state index contributed by atoms with van der Waals surface area (Å²) < 4.78 is 0. The summed E-state index contributed by atoms with van der Waals surface area (Å²) in [5, 5.41) is 14.2. The molecule has 132 valence electrons. The number of hydrogen-bond acceptors (Lipinski definition) is 3. The van der Waals surface area contributed by atoms with Crippen molar-refractivity contribution < 1.29 is 9.72 Å². The molecule has 5 nitrogen and oxygen atoms in total. The first kappa shape index (κ1) is 20.7. The third-order valence-electron chi connectivity index (χ3n) is 2.79. The van der Waals surface area contributed by atoms with E-state index in [9.17, 15) is 14.9 Å². The van der Waals surface area contributed by atoms with Crippen LogP contribution in [0.15, 0.2) is 12.1 Å². The van der Waals surface area contributed by atoms with E-state index in [2.05, 4.69) is 67.5 Å². The molecule has 0 atom stereocenters. The van der Waals surface area contributed by atoms with Crippen LogP contribution in [0, 0.1) is 33.0 Å². The van der Waals surface area contributed by atoms with Gasteiger partial charge in [0.2, 0.25) is 5.91 Å².